The van der Waals surface area contributed by atoms with Crippen molar-refractivity contribution < 1.29 is 14.3 Å². The minimum absolute atomic E-state index is 0.119. The van der Waals surface area contributed by atoms with E-state index in [1.165, 1.54) is 4.90 Å². The summed E-state index contributed by atoms with van der Waals surface area (Å²) >= 11 is 0. The molecule has 2 amide bonds. The van der Waals surface area contributed by atoms with Gasteiger partial charge in [0, 0.05) is 6.54 Å². The summed E-state index contributed by atoms with van der Waals surface area (Å²) in [6, 6.07) is 9.38. The second-order valence-corrected chi connectivity index (χ2v) is 4.78. The Hall–Kier alpha value is -2.04. The van der Waals surface area contributed by atoms with Crippen LogP contribution in [0.25, 0.3) is 0 Å². The van der Waals surface area contributed by atoms with Crippen LogP contribution in [0, 0.1) is 5.92 Å². The van der Waals surface area contributed by atoms with Gasteiger partial charge in [0.25, 0.3) is 0 Å². The molecule has 104 valence electrons. The lowest BCUT2D eigenvalue weighted by Crippen LogP contribution is -2.40. The smallest absolute Gasteiger partial charge is 0.410 e. The zero-order valence-electron chi connectivity index (χ0n) is 11.3. The molecule has 0 fully saturated rings. The average Bonchev–Trinajstić information content (AvgIpc) is 2.35. The first-order chi connectivity index (χ1) is 8.99. The molecule has 0 saturated heterocycles. The van der Waals surface area contributed by atoms with Crippen molar-refractivity contribution >= 4 is 12.0 Å². The Morgan fingerprint density at radius 1 is 1.26 bits per heavy atom. The van der Waals surface area contributed by atoms with Gasteiger partial charge in [0.2, 0.25) is 5.91 Å². The monoisotopic (exact) mass is 264 g/mol. The summed E-state index contributed by atoms with van der Waals surface area (Å²) in [7, 11) is 0. The van der Waals surface area contributed by atoms with Crippen molar-refractivity contribution in [2.45, 2.75) is 20.5 Å². The zero-order valence-corrected chi connectivity index (χ0v) is 11.3. The lowest BCUT2D eigenvalue weighted by molar-refractivity contribution is -0.119. The van der Waals surface area contributed by atoms with E-state index in [-0.39, 0.29) is 19.1 Å². The Morgan fingerprint density at radius 3 is 2.42 bits per heavy atom. The molecule has 0 aliphatic rings. The number of carbonyl (C=O) groups is 2. The van der Waals surface area contributed by atoms with E-state index in [2.05, 4.69) is 0 Å². The van der Waals surface area contributed by atoms with Crippen LogP contribution in [0.15, 0.2) is 30.3 Å². The third-order valence-electron chi connectivity index (χ3n) is 2.40. The lowest BCUT2D eigenvalue weighted by Gasteiger charge is -2.22. The maximum Gasteiger partial charge on any atom is 0.410 e. The Balaban J connectivity index is 2.54. The van der Waals surface area contributed by atoms with Gasteiger partial charge in [-0.1, -0.05) is 44.2 Å². The van der Waals surface area contributed by atoms with E-state index in [4.69, 9.17) is 10.5 Å². The highest BCUT2D eigenvalue weighted by Crippen LogP contribution is 2.05. The first kappa shape index (κ1) is 15.0. The van der Waals surface area contributed by atoms with Crippen molar-refractivity contribution in [2.24, 2.45) is 11.7 Å². The number of benzene rings is 1. The van der Waals surface area contributed by atoms with Crippen molar-refractivity contribution in [1.29, 1.82) is 0 Å². The zero-order chi connectivity index (χ0) is 14.3. The fourth-order valence-electron chi connectivity index (χ4n) is 1.64. The number of hydrogen-bond acceptors (Lipinski definition) is 3. The second kappa shape index (κ2) is 7.41. The highest BCUT2D eigenvalue weighted by Gasteiger charge is 2.18. The SMILES string of the molecule is CC(C)CN(CC(N)=O)C(=O)OCc1ccccc1. The van der Waals surface area contributed by atoms with Gasteiger partial charge >= 0.3 is 6.09 Å². The van der Waals surface area contributed by atoms with Crippen LogP contribution in [0.1, 0.15) is 19.4 Å². The molecule has 5 heteroatoms. The average molecular weight is 264 g/mol. The normalized spacial score (nSPS) is 10.3. The van der Waals surface area contributed by atoms with Crippen molar-refractivity contribution in [3.8, 4) is 0 Å². The van der Waals surface area contributed by atoms with Crippen molar-refractivity contribution in [3.05, 3.63) is 35.9 Å². The van der Waals surface area contributed by atoms with Crippen LogP contribution in [0.3, 0.4) is 0 Å². The Kier molecular flexibility index (Phi) is 5.85. The Bertz CT molecular complexity index is 418. The topological polar surface area (TPSA) is 72.6 Å². The molecule has 0 radical (unpaired) electrons. The minimum Gasteiger partial charge on any atom is -0.445 e. The number of hydrogen-bond donors (Lipinski definition) is 1. The Labute approximate surface area is 113 Å². The third-order valence-corrected chi connectivity index (χ3v) is 2.40. The molecule has 1 rings (SSSR count). The van der Waals surface area contributed by atoms with Gasteiger partial charge in [-0.3, -0.25) is 9.69 Å². The first-order valence-electron chi connectivity index (χ1n) is 6.23. The molecule has 0 unspecified atom stereocenters. The van der Waals surface area contributed by atoms with Gasteiger partial charge in [-0.15, -0.1) is 0 Å². The molecule has 1 aromatic carbocycles. The summed E-state index contributed by atoms with van der Waals surface area (Å²) in [5.41, 5.74) is 6.03. The van der Waals surface area contributed by atoms with Crippen molar-refractivity contribution in [3.63, 3.8) is 0 Å². The number of primary amides is 1. The summed E-state index contributed by atoms with van der Waals surface area (Å²) in [4.78, 5) is 24.2. The minimum atomic E-state index is -0.544. The first-order valence-corrected chi connectivity index (χ1v) is 6.23. The molecule has 0 atom stereocenters. The number of ether oxygens (including phenoxy) is 1. The molecule has 0 spiro atoms. The van der Waals surface area contributed by atoms with E-state index in [1.807, 2.05) is 44.2 Å². The second-order valence-electron chi connectivity index (χ2n) is 4.78. The number of nitrogens with two attached hydrogens (primary N) is 1. The van der Waals surface area contributed by atoms with Crippen LogP contribution in [0.4, 0.5) is 4.79 Å². The quantitative estimate of drug-likeness (QED) is 0.851. The third kappa shape index (κ3) is 5.90. The van der Waals surface area contributed by atoms with Crippen molar-refractivity contribution in [1.82, 2.24) is 4.90 Å². The van der Waals surface area contributed by atoms with Gasteiger partial charge in [0.05, 0.1) is 0 Å². The molecule has 19 heavy (non-hydrogen) atoms. The maximum atomic E-state index is 11.9. The summed E-state index contributed by atoms with van der Waals surface area (Å²) in [6.45, 7) is 4.42. The number of amides is 2. The number of rotatable bonds is 6. The van der Waals surface area contributed by atoms with Gasteiger partial charge in [-0.05, 0) is 11.5 Å². The van der Waals surface area contributed by atoms with E-state index in [1.54, 1.807) is 0 Å². The van der Waals surface area contributed by atoms with Gasteiger partial charge in [0.15, 0.2) is 0 Å². The predicted molar refractivity (Wildman–Crippen MR) is 72.2 cm³/mol. The molecule has 2 N–H and O–H groups in total. The van der Waals surface area contributed by atoms with Crippen LogP contribution in [-0.4, -0.2) is 30.0 Å². The lowest BCUT2D eigenvalue weighted by atomic mass is 10.2. The molecule has 0 heterocycles. The standard InChI is InChI=1S/C14H20N2O3/c1-11(2)8-16(9-13(15)17)14(18)19-10-12-6-4-3-5-7-12/h3-7,11H,8-10H2,1-2H3,(H2,15,17). The molecule has 1 aromatic rings. The maximum absolute atomic E-state index is 11.9. The van der Waals surface area contributed by atoms with E-state index < -0.39 is 12.0 Å². The number of nitrogens with zero attached hydrogens (tertiary/aromatic N) is 1. The number of carbonyl (C=O) groups excluding carboxylic acids is 2. The van der Waals surface area contributed by atoms with Crippen LogP contribution in [0.5, 0.6) is 0 Å². The largest absolute Gasteiger partial charge is 0.445 e. The summed E-state index contributed by atoms with van der Waals surface area (Å²) in [6.07, 6.45) is -0.517. The summed E-state index contributed by atoms with van der Waals surface area (Å²) in [5.74, 6) is -0.305. The van der Waals surface area contributed by atoms with E-state index in [9.17, 15) is 9.59 Å². The summed E-state index contributed by atoms with van der Waals surface area (Å²) < 4.78 is 5.17. The highest BCUT2D eigenvalue weighted by atomic mass is 16.6. The molecule has 0 bridgehead atoms. The van der Waals surface area contributed by atoms with Crippen LogP contribution >= 0.6 is 0 Å². The van der Waals surface area contributed by atoms with Gasteiger partial charge < -0.3 is 10.5 Å². The molecular weight excluding hydrogens is 244 g/mol. The van der Waals surface area contributed by atoms with E-state index >= 15 is 0 Å². The van der Waals surface area contributed by atoms with Crippen LogP contribution in [-0.2, 0) is 16.1 Å². The van der Waals surface area contributed by atoms with Crippen LogP contribution in [0.2, 0.25) is 0 Å². The van der Waals surface area contributed by atoms with E-state index in [0.717, 1.165) is 5.56 Å². The van der Waals surface area contributed by atoms with Gasteiger partial charge in [-0.25, -0.2) is 4.79 Å². The summed E-state index contributed by atoms with van der Waals surface area (Å²) in [5, 5.41) is 0. The molecule has 0 aliphatic heterocycles. The molecule has 5 nitrogen and oxygen atoms in total. The Morgan fingerprint density at radius 2 is 1.89 bits per heavy atom. The fourth-order valence-corrected chi connectivity index (χ4v) is 1.64. The van der Waals surface area contributed by atoms with Crippen LogP contribution < -0.4 is 5.73 Å². The molecular formula is C14H20N2O3. The highest BCUT2D eigenvalue weighted by molar-refractivity contribution is 5.80. The van der Waals surface area contributed by atoms with Crippen molar-refractivity contribution in [2.75, 3.05) is 13.1 Å². The molecule has 0 aromatic heterocycles. The predicted octanol–water partition coefficient (Wildman–Crippen LogP) is 1.77. The molecule has 0 saturated carbocycles. The fraction of sp³-hybridized carbons (Fsp3) is 0.429. The van der Waals surface area contributed by atoms with Gasteiger partial charge in [0.1, 0.15) is 13.2 Å². The molecule has 0 aliphatic carbocycles. The van der Waals surface area contributed by atoms with Gasteiger partial charge in [-0.2, -0.15) is 0 Å². The van der Waals surface area contributed by atoms with E-state index in [0.29, 0.717) is 6.54 Å².